The Morgan fingerprint density at radius 1 is 0.909 bits per heavy atom. The van der Waals surface area contributed by atoms with Gasteiger partial charge < -0.3 is 19.3 Å². The standard InChI is InChI=1S/C23H23N7O3/c1-32-17-9-7-16(8-10-17)30-22-20(26-27-30)21(24-15-25-22)28-11-13-29(14-12-28)23(31)18-5-3-4-6-19(18)33-2/h3-10,15H,11-14H2,1-2H3. The topological polar surface area (TPSA) is 98.5 Å². The van der Waals surface area contributed by atoms with E-state index in [1.807, 2.05) is 41.3 Å². The van der Waals surface area contributed by atoms with Gasteiger partial charge in [0.1, 0.15) is 17.8 Å². The van der Waals surface area contributed by atoms with Crippen LogP contribution in [0, 0.1) is 0 Å². The van der Waals surface area contributed by atoms with E-state index >= 15 is 0 Å². The van der Waals surface area contributed by atoms with Gasteiger partial charge in [0.15, 0.2) is 17.0 Å². The Labute approximate surface area is 190 Å². The minimum Gasteiger partial charge on any atom is -0.497 e. The summed E-state index contributed by atoms with van der Waals surface area (Å²) in [4.78, 5) is 25.8. The zero-order valence-electron chi connectivity index (χ0n) is 18.4. The number of ether oxygens (including phenoxy) is 2. The first-order valence-corrected chi connectivity index (χ1v) is 10.6. The molecule has 0 aliphatic carbocycles. The summed E-state index contributed by atoms with van der Waals surface area (Å²) < 4.78 is 12.3. The number of piperazine rings is 1. The molecule has 1 aliphatic rings. The second kappa shape index (κ2) is 8.73. The van der Waals surface area contributed by atoms with Crippen molar-refractivity contribution >= 4 is 22.9 Å². The molecule has 1 amide bonds. The largest absolute Gasteiger partial charge is 0.497 e. The van der Waals surface area contributed by atoms with Crippen LogP contribution in [0.25, 0.3) is 16.9 Å². The van der Waals surface area contributed by atoms with Crippen LogP contribution >= 0.6 is 0 Å². The van der Waals surface area contributed by atoms with Crippen LogP contribution in [-0.4, -0.2) is 76.2 Å². The van der Waals surface area contributed by atoms with Crippen molar-refractivity contribution in [3.05, 3.63) is 60.4 Å². The maximum atomic E-state index is 13.0. The zero-order chi connectivity index (χ0) is 22.8. The number of aromatic nitrogens is 5. The number of carbonyl (C=O) groups excluding carboxylic acids is 1. The predicted octanol–water partition coefficient (Wildman–Crippen LogP) is 2.19. The molecule has 0 atom stereocenters. The molecule has 0 radical (unpaired) electrons. The highest BCUT2D eigenvalue weighted by molar-refractivity contribution is 5.97. The predicted molar refractivity (Wildman–Crippen MR) is 122 cm³/mol. The molecule has 168 valence electrons. The summed E-state index contributed by atoms with van der Waals surface area (Å²) in [6.07, 6.45) is 1.52. The zero-order valence-corrected chi connectivity index (χ0v) is 18.4. The summed E-state index contributed by atoms with van der Waals surface area (Å²) >= 11 is 0. The molecule has 0 saturated carbocycles. The number of carbonyl (C=O) groups is 1. The highest BCUT2D eigenvalue weighted by Crippen LogP contribution is 2.25. The van der Waals surface area contributed by atoms with Crippen LogP contribution < -0.4 is 14.4 Å². The van der Waals surface area contributed by atoms with Gasteiger partial charge in [-0.3, -0.25) is 4.79 Å². The van der Waals surface area contributed by atoms with Gasteiger partial charge in [-0.2, -0.15) is 4.68 Å². The number of benzene rings is 2. The molecule has 3 heterocycles. The molecule has 1 saturated heterocycles. The van der Waals surface area contributed by atoms with Crippen molar-refractivity contribution < 1.29 is 14.3 Å². The highest BCUT2D eigenvalue weighted by Gasteiger charge is 2.26. The third-order valence-electron chi connectivity index (χ3n) is 5.74. The Bertz CT molecular complexity index is 1280. The molecule has 2 aromatic heterocycles. The Morgan fingerprint density at radius 2 is 1.67 bits per heavy atom. The van der Waals surface area contributed by atoms with Gasteiger partial charge in [0.2, 0.25) is 0 Å². The SMILES string of the molecule is COc1ccc(-n2nnc3c(N4CCN(C(=O)c5ccccc5OC)CC4)ncnc32)cc1. The second-order valence-corrected chi connectivity index (χ2v) is 7.55. The minimum atomic E-state index is -0.0367. The molecule has 4 aromatic rings. The van der Waals surface area contributed by atoms with Crippen LogP contribution in [0.2, 0.25) is 0 Å². The van der Waals surface area contributed by atoms with Crippen molar-refractivity contribution in [1.82, 2.24) is 29.9 Å². The van der Waals surface area contributed by atoms with Crippen molar-refractivity contribution in [3.63, 3.8) is 0 Å². The lowest BCUT2D eigenvalue weighted by Gasteiger charge is -2.35. The summed E-state index contributed by atoms with van der Waals surface area (Å²) in [5.41, 5.74) is 2.64. The molecule has 5 rings (SSSR count). The number of amides is 1. The van der Waals surface area contributed by atoms with Crippen molar-refractivity contribution in [1.29, 1.82) is 0 Å². The number of hydrogen-bond acceptors (Lipinski definition) is 8. The Morgan fingerprint density at radius 3 is 2.39 bits per heavy atom. The van der Waals surface area contributed by atoms with E-state index < -0.39 is 0 Å². The average molecular weight is 445 g/mol. The number of rotatable bonds is 5. The summed E-state index contributed by atoms with van der Waals surface area (Å²) in [7, 11) is 3.20. The van der Waals surface area contributed by atoms with Crippen molar-refractivity contribution in [2.75, 3.05) is 45.3 Å². The molecule has 0 N–H and O–H groups in total. The van der Waals surface area contributed by atoms with Gasteiger partial charge in [-0.05, 0) is 36.4 Å². The molecule has 1 aliphatic heterocycles. The molecule has 10 heteroatoms. The van der Waals surface area contributed by atoms with Gasteiger partial charge in [0.05, 0.1) is 25.5 Å². The first-order valence-electron chi connectivity index (χ1n) is 10.6. The fourth-order valence-electron chi connectivity index (χ4n) is 3.98. The fraction of sp³-hybridized carbons (Fsp3) is 0.261. The molecular weight excluding hydrogens is 422 g/mol. The molecule has 0 bridgehead atoms. The van der Waals surface area contributed by atoms with E-state index in [-0.39, 0.29) is 5.91 Å². The molecular formula is C23H23N7O3. The van der Waals surface area contributed by atoms with Crippen molar-refractivity contribution in [2.45, 2.75) is 0 Å². The Balaban J connectivity index is 1.35. The smallest absolute Gasteiger partial charge is 0.257 e. The van der Waals surface area contributed by atoms with E-state index in [0.29, 0.717) is 54.5 Å². The lowest BCUT2D eigenvalue weighted by atomic mass is 10.1. The lowest BCUT2D eigenvalue weighted by Crippen LogP contribution is -2.49. The lowest BCUT2D eigenvalue weighted by molar-refractivity contribution is 0.0743. The quantitative estimate of drug-likeness (QED) is 0.461. The van der Waals surface area contributed by atoms with E-state index in [1.54, 1.807) is 31.0 Å². The number of anilines is 1. The summed E-state index contributed by atoms with van der Waals surface area (Å²) in [6, 6.07) is 14.8. The Kier molecular flexibility index (Phi) is 5.47. The summed E-state index contributed by atoms with van der Waals surface area (Å²) in [5, 5.41) is 8.65. The van der Waals surface area contributed by atoms with Gasteiger partial charge in [-0.25, -0.2) is 9.97 Å². The molecule has 0 unspecified atom stereocenters. The monoisotopic (exact) mass is 445 g/mol. The summed E-state index contributed by atoms with van der Waals surface area (Å²) in [6.45, 7) is 2.38. The average Bonchev–Trinajstić information content (AvgIpc) is 3.33. The fourth-order valence-corrected chi connectivity index (χ4v) is 3.98. The molecule has 2 aromatic carbocycles. The van der Waals surface area contributed by atoms with Crippen LogP contribution in [0.3, 0.4) is 0 Å². The molecule has 0 spiro atoms. The molecule has 1 fully saturated rings. The van der Waals surface area contributed by atoms with Crippen LogP contribution in [0.5, 0.6) is 11.5 Å². The number of para-hydroxylation sites is 1. The number of nitrogens with zero attached hydrogens (tertiary/aromatic N) is 7. The van der Waals surface area contributed by atoms with Gasteiger partial charge in [0, 0.05) is 26.2 Å². The molecule has 33 heavy (non-hydrogen) atoms. The van der Waals surface area contributed by atoms with Gasteiger partial charge >= 0.3 is 0 Å². The number of methoxy groups -OCH3 is 2. The van der Waals surface area contributed by atoms with Gasteiger partial charge in [-0.1, -0.05) is 17.3 Å². The van der Waals surface area contributed by atoms with E-state index in [4.69, 9.17) is 9.47 Å². The Hall–Kier alpha value is -4.21. The van der Waals surface area contributed by atoms with Crippen LogP contribution in [0.15, 0.2) is 54.9 Å². The molecule has 10 nitrogen and oxygen atoms in total. The second-order valence-electron chi connectivity index (χ2n) is 7.55. The van der Waals surface area contributed by atoms with E-state index in [0.717, 1.165) is 11.4 Å². The maximum Gasteiger partial charge on any atom is 0.257 e. The van der Waals surface area contributed by atoms with Gasteiger partial charge in [0.25, 0.3) is 5.91 Å². The van der Waals surface area contributed by atoms with Crippen LogP contribution in [0.4, 0.5) is 5.82 Å². The first kappa shape index (κ1) is 20.7. The first-order chi connectivity index (χ1) is 16.2. The van der Waals surface area contributed by atoms with E-state index in [1.165, 1.54) is 6.33 Å². The van der Waals surface area contributed by atoms with Crippen LogP contribution in [0.1, 0.15) is 10.4 Å². The number of hydrogen-bond donors (Lipinski definition) is 0. The maximum absolute atomic E-state index is 13.0. The number of fused-ring (bicyclic) bond motifs is 1. The van der Waals surface area contributed by atoms with E-state index in [2.05, 4.69) is 25.2 Å². The third kappa shape index (κ3) is 3.79. The van der Waals surface area contributed by atoms with Crippen LogP contribution in [-0.2, 0) is 0 Å². The summed E-state index contributed by atoms with van der Waals surface area (Å²) in [5.74, 6) is 2.02. The van der Waals surface area contributed by atoms with Crippen molar-refractivity contribution in [2.24, 2.45) is 0 Å². The van der Waals surface area contributed by atoms with Crippen molar-refractivity contribution in [3.8, 4) is 17.2 Å². The van der Waals surface area contributed by atoms with E-state index in [9.17, 15) is 4.79 Å². The van der Waals surface area contributed by atoms with Gasteiger partial charge in [-0.15, -0.1) is 5.10 Å². The highest BCUT2D eigenvalue weighted by atomic mass is 16.5. The third-order valence-corrected chi connectivity index (χ3v) is 5.74. The minimum absolute atomic E-state index is 0.0367. The normalized spacial score (nSPS) is 13.9.